The van der Waals surface area contributed by atoms with Gasteiger partial charge in [0, 0.05) is 6.07 Å². The first-order valence-electron chi connectivity index (χ1n) is 7.11. The summed E-state index contributed by atoms with van der Waals surface area (Å²) in [6.45, 7) is 0. The second kappa shape index (κ2) is 6.83. The van der Waals surface area contributed by atoms with E-state index in [-0.39, 0.29) is 23.1 Å². The van der Waals surface area contributed by atoms with E-state index in [9.17, 15) is 14.9 Å². The number of hydrogen-bond donors (Lipinski definition) is 1. The lowest BCUT2D eigenvalue weighted by atomic mass is 10.2. The zero-order valence-electron chi connectivity index (χ0n) is 12.7. The molecule has 1 aliphatic rings. The van der Waals surface area contributed by atoms with Crippen molar-refractivity contribution >= 4 is 29.0 Å². The number of hydrogen-bond acceptors (Lipinski definition) is 8. The summed E-state index contributed by atoms with van der Waals surface area (Å²) in [5.41, 5.74) is 0.262. The molecule has 1 heterocycles. The van der Waals surface area contributed by atoms with Crippen molar-refractivity contribution in [3.8, 4) is 5.75 Å². The number of nitrogens with one attached hydrogen (secondary N) is 1. The van der Waals surface area contributed by atoms with Crippen LogP contribution in [0.2, 0.25) is 0 Å². The van der Waals surface area contributed by atoms with Crippen molar-refractivity contribution in [3.05, 3.63) is 28.3 Å². The van der Waals surface area contributed by atoms with Gasteiger partial charge in [-0.2, -0.15) is 0 Å². The molecule has 0 aliphatic heterocycles. The lowest BCUT2D eigenvalue weighted by molar-refractivity contribution is -0.384. The van der Waals surface area contributed by atoms with E-state index in [4.69, 9.17) is 4.74 Å². The number of nitro benzene ring substituents is 1. The molecule has 0 atom stereocenters. The predicted molar refractivity (Wildman–Crippen MR) is 85.1 cm³/mol. The first kappa shape index (κ1) is 16.2. The Morgan fingerprint density at radius 1 is 1.54 bits per heavy atom. The molecular formula is C13H14N6O4S. The maximum absolute atomic E-state index is 12.1. The van der Waals surface area contributed by atoms with Crippen LogP contribution in [0, 0.1) is 10.1 Å². The zero-order chi connectivity index (χ0) is 17.1. The molecule has 1 amide bonds. The Hall–Kier alpha value is -2.69. The van der Waals surface area contributed by atoms with Gasteiger partial charge in [0.2, 0.25) is 11.1 Å². The molecule has 3 rings (SSSR count). The van der Waals surface area contributed by atoms with Gasteiger partial charge < -0.3 is 10.1 Å². The van der Waals surface area contributed by atoms with Crippen LogP contribution >= 0.6 is 11.8 Å². The van der Waals surface area contributed by atoms with E-state index in [0.717, 1.165) is 12.8 Å². The normalized spacial score (nSPS) is 13.5. The first-order valence-corrected chi connectivity index (χ1v) is 8.10. The van der Waals surface area contributed by atoms with Crippen LogP contribution in [0.15, 0.2) is 23.4 Å². The molecule has 1 fully saturated rings. The van der Waals surface area contributed by atoms with Gasteiger partial charge in [-0.3, -0.25) is 14.9 Å². The van der Waals surface area contributed by atoms with Gasteiger partial charge in [-0.25, -0.2) is 4.68 Å². The third kappa shape index (κ3) is 3.62. The molecule has 0 saturated heterocycles. The average Bonchev–Trinajstić information content (AvgIpc) is 3.31. The number of carbonyl (C=O) groups is 1. The fraction of sp³-hybridized carbons (Fsp3) is 0.385. The number of aromatic nitrogens is 4. The SMILES string of the molecule is COc1cc([N+](=O)[O-])ccc1NC(=O)CSc1nnnn1C1CC1. The Labute approximate surface area is 140 Å². The summed E-state index contributed by atoms with van der Waals surface area (Å²) in [4.78, 5) is 22.3. The van der Waals surface area contributed by atoms with Crippen LogP contribution in [-0.4, -0.2) is 43.9 Å². The first-order chi connectivity index (χ1) is 11.6. The van der Waals surface area contributed by atoms with Crippen LogP contribution in [-0.2, 0) is 4.79 Å². The standard InChI is InChI=1S/C13H14N6O4S/c1-23-11-6-9(19(21)22)4-5-10(11)14-12(20)7-24-13-15-16-17-18(13)8-2-3-8/h4-6,8H,2-3,7H2,1H3,(H,14,20). The van der Waals surface area contributed by atoms with Gasteiger partial charge >= 0.3 is 0 Å². The van der Waals surface area contributed by atoms with Gasteiger partial charge in [-0.05, 0) is 29.3 Å². The van der Waals surface area contributed by atoms with E-state index < -0.39 is 4.92 Å². The molecule has 11 heteroatoms. The number of carbonyl (C=O) groups excluding carboxylic acids is 1. The number of nitro groups is 1. The minimum absolute atomic E-state index is 0.108. The fourth-order valence-electron chi connectivity index (χ4n) is 2.04. The average molecular weight is 350 g/mol. The Morgan fingerprint density at radius 3 is 3.00 bits per heavy atom. The van der Waals surface area contributed by atoms with Crippen LogP contribution in [0.1, 0.15) is 18.9 Å². The summed E-state index contributed by atoms with van der Waals surface area (Å²) < 4.78 is 6.81. The van der Waals surface area contributed by atoms with E-state index in [0.29, 0.717) is 16.9 Å². The van der Waals surface area contributed by atoms with Crippen LogP contribution in [0.4, 0.5) is 11.4 Å². The van der Waals surface area contributed by atoms with Crippen molar-refractivity contribution in [2.45, 2.75) is 24.0 Å². The van der Waals surface area contributed by atoms with Gasteiger partial charge in [-0.1, -0.05) is 11.8 Å². The number of methoxy groups -OCH3 is 1. The van der Waals surface area contributed by atoms with Crippen LogP contribution in [0.3, 0.4) is 0 Å². The number of amides is 1. The van der Waals surface area contributed by atoms with E-state index in [1.54, 1.807) is 4.68 Å². The van der Waals surface area contributed by atoms with Gasteiger partial charge in [0.15, 0.2) is 0 Å². The number of tetrazole rings is 1. The number of ether oxygens (including phenoxy) is 1. The maximum Gasteiger partial charge on any atom is 0.273 e. The molecule has 1 N–H and O–H groups in total. The molecule has 0 unspecified atom stereocenters. The molecule has 1 aromatic heterocycles. The molecular weight excluding hydrogens is 336 g/mol. The highest BCUT2D eigenvalue weighted by Crippen LogP contribution is 2.36. The van der Waals surface area contributed by atoms with E-state index >= 15 is 0 Å². The number of nitrogens with zero attached hydrogens (tertiary/aromatic N) is 5. The van der Waals surface area contributed by atoms with Crippen molar-refractivity contribution < 1.29 is 14.5 Å². The Bertz CT molecular complexity index is 776. The molecule has 10 nitrogen and oxygen atoms in total. The lowest BCUT2D eigenvalue weighted by Crippen LogP contribution is -2.15. The maximum atomic E-state index is 12.1. The molecule has 2 aromatic rings. The Kier molecular flexibility index (Phi) is 4.60. The van der Waals surface area contributed by atoms with E-state index in [1.165, 1.54) is 37.1 Å². The topological polar surface area (TPSA) is 125 Å². The fourth-order valence-corrected chi connectivity index (χ4v) is 2.79. The highest BCUT2D eigenvalue weighted by atomic mass is 32.2. The number of non-ortho nitro benzene ring substituents is 1. The quantitative estimate of drug-likeness (QED) is 0.454. The van der Waals surface area contributed by atoms with E-state index in [2.05, 4.69) is 20.8 Å². The summed E-state index contributed by atoms with van der Waals surface area (Å²) in [6, 6.07) is 4.34. The van der Waals surface area contributed by atoms with Crippen molar-refractivity contribution in [1.82, 2.24) is 20.2 Å². The summed E-state index contributed by atoms with van der Waals surface area (Å²) in [5, 5.41) is 25.5. The second-order valence-corrected chi connectivity index (χ2v) is 6.06. The lowest BCUT2D eigenvalue weighted by Gasteiger charge is -2.09. The molecule has 126 valence electrons. The van der Waals surface area contributed by atoms with E-state index in [1.807, 2.05) is 0 Å². The number of benzene rings is 1. The van der Waals surface area contributed by atoms with Crippen LogP contribution in [0.25, 0.3) is 0 Å². The van der Waals surface area contributed by atoms with Crippen molar-refractivity contribution in [2.75, 3.05) is 18.2 Å². The molecule has 1 aromatic carbocycles. The van der Waals surface area contributed by atoms with Crippen molar-refractivity contribution in [3.63, 3.8) is 0 Å². The summed E-state index contributed by atoms with van der Waals surface area (Å²) >= 11 is 1.24. The summed E-state index contributed by atoms with van der Waals surface area (Å²) in [5.74, 6) is 0.0654. The van der Waals surface area contributed by atoms with Gasteiger partial charge in [0.05, 0.1) is 35.6 Å². The predicted octanol–water partition coefficient (Wildman–Crippen LogP) is 1.66. The zero-order valence-corrected chi connectivity index (χ0v) is 13.5. The van der Waals surface area contributed by atoms with Gasteiger partial charge in [0.1, 0.15) is 5.75 Å². The Morgan fingerprint density at radius 2 is 2.33 bits per heavy atom. The minimum atomic E-state index is -0.526. The molecule has 1 aliphatic carbocycles. The molecule has 0 bridgehead atoms. The highest BCUT2D eigenvalue weighted by Gasteiger charge is 2.28. The number of thioether (sulfide) groups is 1. The van der Waals surface area contributed by atoms with Crippen molar-refractivity contribution in [2.24, 2.45) is 0 Å². The Balaban J connectivity index is 1.62. The summed E-state index contributed by atoms with van der Waals surface area (Å²) in [6.07, 6.45) is 2.09. The third-order valence-electron chi connectivity index (χ3n) is 3.36. The molecule has 0 radical (unpaired) electrons. The molecule has 0 spiro atoms. The van der Waals surface area contributed by atoms with Gasteiger partial charge in [-0.15, -0.1) is 5.10 Å². The minimum Gasteiger partial charge on any atom is -0.494 e. The largest absolute Gasteiger partial charge is 0.494 e. The molecule has 24 heavy (non-hydrogen) atoms. The number of rotatable bonds is 7. The van der Waals surface area contributed by atoms with Crippen molar-refractivity contribution in [1.29, 1.82) is 0 Å². The third-order valence-corrected chi connectivity index (χ3v) is 4.29. The number of anilines is 1. The smallest absolute Gasteiger partial charge is 0.273 e. The van der Waals surface area contributed by atoms with Crippen LogP contribution in [0.5, 0.6) is 5.75 Å². The highest BCUT2D eigenvalue weighted by molar-refractivity contribution is 7.99. The monoisotopic (exact) mass is 350 g/mol. The second-order valence-electron chi connectivity index (χ2n) is 5.12. The van der Waals surface area contributed by atoms with Gasteiger partial charge in [0.25, 0.3) is 5.69 Å². The van der Waals surface area contributed by atoms with Crippen LogP contribution < -0.4 is 10.1 Å². The summed E-state index contributed by atoms with van der Waals surface area (Å²) in [7, 11) is 1.38. The molecule has 1 saturated carbocycles.